The Labute approximate surface area is 155 Å². The maximum absolute atomic E-state index is 12.2. The molecule has 1 aromatic carbocycles. The van der Waals surface area contributed by atoms with E-state index in [0.717, 1.165) is 31.5 Å². The zero-order valence-corrected chi connectivity index (χ0v) is 15.7. The summed E-state index contributed by atoms with van der Waals surface area (Å²) in [5, 5.41) is 2.93. The zero-order valence-electron chi connectivity index (χ0n) is 14.9. The van der Waals surface area contributed by atoms with Crippen LogP contribution in [-0.4, -0.2) is 42.5 Å². The van der Waals surface area contributed by atoms with E-state index in [9.17, 15) is 9.59 Å². The highest BCUT2D eigenvalue weighted by atomic mass is 35.5. The van der Waals surface area contributed by atoms with E-state index in [2.05, 4.69) is 5.32 Å². The second-order valence-electron chi connectivity index (χ2n) is 6.17. The molecule has 1 unspecified atom stereocenters. The summed E-state index contributed by atoms with van der Waals surface area (Å²) >= 11 is 0. The maximum Gasteiger partial charge on any atom is 0.260 e. The number of likely N-dealkylation sites (tertiary alicyclic amines) is 1. The van der Waals surface area contributed by atoms with Gasteiger partial charge in [0.25, 0.3) is 5.91 Å². The van der Waals surface area contributed by atoms with Gasteiger partial charge in [-0.3, -0.25) is 9.59 Å². The number of nitrogens with one attached hydrogen (secondary N) is 1. The van der Waals surface area contributed by atoms with Crippen LogP contribution in [0.5, 0.6) is 5.75 Å². The molecule has 1 aliphatic rings. The predicted octanol–water partition coefficient (Wildman–Crippen LogP) is 2.02. The van der Waals surface area contributed by atoms with E-state index in [4.69, 9.17) is 10.5 Å². The van der Waals surface area contributed by atoms with E-state index in [1.165, 1.54) is 0 Å². The molecule has 1 saturated heterocycles. The average molecular weight is 370 g/mol. The van der Waals surface area contributed by atoms with Gasteiger partial charge in [-0.1, -0.05) is 25.1 Å². The van der Waals surface area contributed by atoms with Gasteiger partial charge in [-0.05, 0) is 32.3 Å². The van der Waals surface area contributed by atoms with Crippen molar-refractivity contribution in [3.63, 3.8) is 0 Å². The molecule has 3 N–H and O–H groups in total. The standard InChI is InChI=1S/C18H27N3O3.ClH/c1-3-15(20-18(23)13(2)19)14-8-4-5-9-16(14)24-12-17(22)21-10-6-7-11-21;/h4-5,8-9,13,15H,3,6-7,10-12,19H2,1-2H3,(H,20,23);1H/t13-,15?;/m0./s1. The number of para-hydroxylation sites is 1. The predicted molar refractivity (Wildman–Crippen MR) is 99.8 cm³/mol. The lowest BCUT2D eigenvalue weighted by Crippen LogP contribution is -2.40. The molecule has 0 spiro atoms. The molecule has 0 bridgehead atoms. The molecule has 140 valence electrons. The van der Waals surface area contributed by atoms with Crippen LogP contribution >= 0.6 is 12.4 Å². The van der Waals surface area contributed by atoms with Crippen molar-refractivity contribution in [3.05, 3.63) is 29.8 Å². The first-order valence-electron chi connectivity index (χ1n) is 8.58. The van der Waals surface area contributed by atoms with Crippen molar-refractivity contribution in [2.24, 2.45) is 5.73 Å². The molecule has 2 rings (SSSR count). The van der Waals surface area contributed by atoms with Crippen LogP contribution in [0.1, 0.15) is 44.7 Å². The average Bonchev–Trinajstić information content (AvgIpc) is 3.12. The number of hydrogen-bond donors (Lipinski definition) is 2. The van der Waals surface area contributed by atoms with Crippen LogP contribution in [0.25, 0.3) is 0 Å². The fourth-order valence-corrected chi connectivity index (χ4v) is 2.80. The summed E-state index contributed by atoms with van der Waals surface area (Å²) in [6.45, 7) is 5.28. The van der Waals surface area contributed by atoms with Crippen molar-refractivity contribution < 1.29 is 14.3 Å². The lowest BCUT2D eigenvalue weighted by atomic mass is 10.0. The highest BCUT2D eigenvalue weighted by Crippen LogP contribution is 2.27. The molecule has 1 heterocycles. The lowest BCUT2D eigenvalue weighted by Gasteiger charge is -2.22. The van der Waals surface area contributed by atoms with Gasteiger partial charge in [0.2, 0.25) is 5.91 Å². The minimum atomic E-state index is -0.566. The first-order chi connectivity index (χ1) is 11.5. The van der Waals surface area contributed by atoms with Crippen molar-refractivity contribution in [1.82, 2.24) is 10.2 Å². The summed E-state index contributed by atoms with van der Waals surface area (Å²) in [6, 6.07) is 6.73. The number of nitrogens with zero attached hydrogens (tertiary/aromatic N) is 1. The van der Waals surface area contributed by atoms with Crippen LogP contribution < -0.4 is 15.8 Å². The monoisotopic (exact) mass is 369 g/mol. The van der Waals surface area contributed by atoms with Gasteiger partial charge in [-0.25, -0.2) is 0 Å². The molecular weight excluding hydrogens is 342 g/mol. The number of nitrogens with two attached hydrogens (primary N) is 1. The number of hydrogen-bond acceptors (Lipinski definition) is 4. The van der Waals surface area contributed by atoms with Gasteiger partial charge < -0.3 is 20.7 Å². The Morgan fingerprint density at radius 2 is 1.92 bits per heavy atom. The Morgan fingerprint density at radius 3 is 2.52 bits per heavy atom. The van der Waals surface area contributed by atoms with Crippen molar-refractivity contribution in [2.45, 2.75) is 45.2 Å². The number of ether oxygens (including phenoxy) is 1. The third-order valence-electron chi connectivity index (χ3n) is 4.24. The Kier molecular flexibility index (Phi) is 8.72. The fourth-order valence-electron chi connectivity index (χ4n) is 2.80. The van der Waals surface area contributed by atoms with E-state index in [-0.39, 0.29) is 36.9 Å². The Balaban J connectivity index is 0.00000312. The Hall–Kier alpha value is -1.79. The Morgan fingerprint density at radius 1 is 1.28 bits per heavy atom. The zero-order chi connectivity index (χ0) is 17.5. The molecule has 1 aromatic rings. The molecule has 1 aliphatic heterocycles. The molecule has 0 aromatic heterocycles. The van der Waals surface area contributed by atoms with Gasteiger partial charge in [0.15, 0.2) is 6.61 Å². The first kappa shape index (κ1) is 21.3. The maximum atomic E-state index is 12.2. The molecule has 0 saturated carbocycles. The topological polar surface area (TPSA) is 84.7 Å². The summed E-state index contributed by atoms with van der Waals surface area (Å²) in [4.78, 5) is 25.9. The summed E-state index contributed by atoms with van der Waals surface area (Å²) < 4.78 is 5.76. The molecule has 1 fully saturated rings. The van der Waals surface area contributed by atoms with E-state index in [1.807, 2.05) is 36.1 Å². The summed E-state index contributed by atoms with van der Waals surface area (Å²) in [5.74, 6) is 0.432. The summed E-state index contributed by atoms with van der Waals surface area (Å²) in [7, 11) is 0. The molecule has 6 nitrogen and oxygen atoms in total. The second kappa shape index (κ2) is 10.3. The highest BCUT2D eigenvalue weighted by Gasteiger charge is 2.21. The highest BCUT2D eigenvalue weighted by molar-refractivity contribution is 5.85. The number of benzene rings is 1. The van der Waals surface area contributed by atoms with Crippen molar-refractivity contribution in [3.8, 4) is 5.75 Å². The molecular formula is C18H28ClN3O3. The van der Waals surface area contributed by atoms with Crippen molar-refractivity contribution in [2.75, 3.05) is 19.7 Å². The van der Waals surface area contributed by atoms with Gasteiger partial charge in [0.1, 0.15) is 5.75 Å². The summed E-state index contributed by atoms with van der Waals surface area (Å²) in [5.41, 5.74) is 6.49. The molecule has 2 amide bonds. The van der Waals surface area contributed by atoms with E-state index in [1.54, 1.807) is 6.92 Å². The fraction of sp³-hybridized carbons (Fsp3) is 0.556. The van der Waals surface area contributed by atoms with Gasteiger partial charge in [-0.2, -0.15) is 0 Å². The smallest absolute Gasteiger partial charge is 0.260 e. The van der Waals surface area contributed by atoms with E-state index in [0.29, 0.717) is 12.2 Å². The van der Waals surface area contributed by atoms with Crippen LogP contribution in [0.4, 0.5) is 0 Å². The minimum absolute atomic E-state index is 0. The minimum Gasteiger partial charge on any atom is -0.483 e. The largest absolute Gasteiger partial charge is 0.483 e. The lowest BCUT2D eigenvalue weighted by molar-refractivity contribution is -0.132. The second-order valence-corrected chi connectivity index (χ2v) is 6.17. The summed E-state index contributed by atoms with van der Waals surface area (Å²) in [6.07, 6.45) is 2.83. The van der Waals surface area contributed by atoms with Gasteiger partial charge >= 0.3 is 0 Å². The van der Waals surface area contributed by atoms with Gasteiger partial charge in [0.05, 0.1) is 12.1 Å². The van der Waals surface area contributed by atoms with Gasteiger partial charge in [-0.15, -0.1) is 12.4 Å². The van der Waals surface area contributed by atoms with Crippen LogP contribution in [0.15, 0.2) is 24.3 Å². The SMILES string of the molecule is CCC(NC(=O)[C@H](C)N)c1ccccc1OCC(=O)N1CCCC1.Cl. The first-order valence-corrected chi connectivity index (χ1v) is 8.58. The number of amides is 2. The number of rotatable bonds is 7. The third-order valence-corrected chi connectivity index (χ3v) is 4.24. The molecule has 7 heteroatoms. The van der Waals surface area contributed by atoms with E-state index < -0.39 is 6.04 Å². The van der Waals surface area contributed by atoms with E-state index >= 15 is 0 Å². The number of carbonyl (C=O) groups is 2. The van der Waals surface area contributed by atoms with Crippen LogP contribution in [0.2, 0.25) is 0 Å². The number of halogens is 1. The van der Waals surface area contributed by atoms with Crippen LogP contribution in [-0.2, 0) is 9.59 Å². The molecule has 0 aliphatic carbocycles. The quantitative estimate of drug-likeness (QED) is 0.770. The van der Waals surface area contributed by atoms with Crippen LogP contribution in [0.3, 0.4) is 0 Å². The number of carbonyl (C=O) groups excluding carboxylic acids is 2. The van der Waals surface area contributed by atoms with Crippen molar-refractivity contribution >= 4 is 24.2 Å². The normalized spacial score (nSPS) is 15.9. The molecule has 25 heavy (non-hydrogen) atoms. The van der Waals surface area contributed by atoms with Gasteiger partial charge in [0, 0.05) is 18.7 Å². The van der Waals surface area contributed by atoms with Crippen LogP contribution in [0, 0.1) is 0 Å². The third kappa shape index (κ3) is 5.90. The van der Waals surface area contributed by atoms with Crippen molar-refractivity contribution in [1.29, 1.82) is 0 Å². The molecule has 2 atom stereocenters. The Bertz CT molecular complexity index is 574. The molecule has 0 radical (unpaired) electrons.